The minimum Gasteiger partial charge on any atom is -0.449 e. The van der Waals surface area contributed by atoms with E-state index < -0.39 is 24.0 Å². The van der Waals surface area contributed by atoms with Crippen molar-refractivity contribution in [2.24, 2.45) is 0 Å². The third-order valence-electron chi connectivity index (χ3n) is 3.83. The molecule has 1 aromatic carbocycles. The predicted molar refractivity (Wildman–Crippen MR) is 103 cm³/mol. The van der Waals surface area contributed by atoms with E-state index in [9.17, 15) is 14.4 Å². The van der Waals surface area contributed by atoms with Crippen LogP contribution in [0.4, 0.5) is 4.79 Å². The van der Waals surface area contributed by atoms with Crippen LogP contribution in [0.1, 0.15) is 17.3 Å². The first-order valence-corrected chi connectivity index (χ1v) is 9.04. The Hall–Kier alpha value is -3.26. The highest BCUT2D eigenvalue weighted by Crippen LogP contribution is 2.28. The van der Waals surface area contributed by atoms with Crippen LogP contribution in [0.15, 0.2) is 47.8 Å². The van der Waals surface area contributed by atoms with E-state index in [0.29, 0.717) is 22.2 Å². The summed E-state index contributed by atoms with van der Waals surface area (Å²) < 4.78 is 5.27. The number of hydrogen-bond donors (Lipinski definition) is 2. The van der Waals surface area contributed by atoms with Crippen molar-refractivity contribution in [1.82, 2.24) is 15.6 Å². The maximum Gasteiger partial charge on any atom is 0.339 e. The molecule has 2 aromatic heterocycles. The van der Waals surface area contributed by atoms with Crippen molar-refractivity contribution in [1.29, 1.82) is 0 Å². The molecule has 138 valence electrons. The number of benzene rings is 1. The first kappa shape index (κ1) is 18.5. The predicted octanol–water partition coefficient (Wildman–Crippen LogP) is 2.96. The Morgan fingerprint density at radius 1 is 1.15 bits per heavy atom. The largest absolute Gasteiger partial charge is 0.449 e. The zero-order valence-electron chi connectivity index (χ0n) is 14.7. The van der Waals surface area contributed by atoms with Crippen molar-refractivity contribution in [2.75, 3.05) is 7.05 Å². The highest BCUT2D eigenvalue weighted by molar-refractivity contribution is 7.13. The standard InChI is InChI=1S/C19H17N3O4S/c1-11(17(23)22-19(25)20-2)26-18(24)13-10-15(16-8-5-9-27-16)21-14-7-4-3-6-12(13)14/h3-11H,1-2H3,(H2,20,22,23,25). The van der Waals surface area contributed by atoms with Gasteiger partial charge in [-0.3, -0.25) is 10.1 Å². The van der Waals surface area contributed by atoms with Gasteiger partial charge in [0, 0.05) is 12.4 Å². The van der Waals surface area contributed by atoms with E-state index in [4.69, 9.17) is 4.74 Å². The molecule has 2 N–H and O–H groups in total. The van der Waals surface area contributed by atoms with Crippen LogP contribution in [0.5, 0.6) is 0 Å². The molecule has 0 saturated carbocycles. The number of thiophene rings is 1. The average Bonchev–Trinajstić information content (AvgIpc) is 3.21. The van der Waals surface area contributed by atoms with Crippen LogP contribution in [0.2, 0.25) is 0 Å². The third kappa shape index (κ3) is 4.12. The van der Waals surface area contributed by atoms with Crippen molar-refractivity contribution < 1.29 is 19.1 Å². The van der Waals surface area contributed by atoms with E-state index in [2.05, 4.69) is 15.6 Å². The number of urea groups is 1. The molecule has 0 aliphatic carbocycles. The summed E-state index contributed by atoms with van der Waals surface area (Å²) in [4.78, 5) is 41.4. The second-order valence-corrected chi connectivity index (χ2v) is 6.61. The van der Waals surface area contributed by atoms with Gasteiger partial charge in [-0.25, -0.2) is 14.6 Å². The maximum absolute atomic E-state index is 12.7. The molecular weight excluding hydrogens is 366 g/mol. The van der Waals surface area contributed by atoms with Crippen LogP contribution in [0.3, 0.4) is 0 Å². The van der Waals surface area contributed by atoms with Gasteiger partial charge in [0.1, 0.15) is 0 Å². The quantitative estimate of drug-likeness (QED) is 0.675. The van der Waals surface area contributed by atoms with Crippen molar-refractivity contribution in [3.8, 4) is 10.6 Å². The van der Waals surface area contributed by atoms with Gasteiger partial charge in [0.05, 0.1) is 21.7 Å². The number of pyridine rings is 1. The van der Waals surface area contributed by atoms with E-state index in [1.165, 1.54) is 25.3 Å². The molecule has 7 nitrogen and oxygen atoms in total. The molecule has 0 radical (unpaired) electrons. The molecule has 0 bridgehead atoms. The van der Waals surface area contributed by atoms with E-state index in [1.54, 1.807) is 18.2 Å². The van der Waals surface area contributed by atoms with Crippen LogP contribution in [-0.4, -0.2) is 36.0 Å². The number of nitrogens with one attached hydrogen (secondary N) is 2. The van der Waals surface area contributed by atoms with E-state index in [0.717, 1.165) is 4.88 Å². The highest BCUT2D eigenvalue weighted by Gasteiger charge is 2.22. The van der Waals surface area contributed by atoms with Crippen LogP contribution >= 0.6 is 11.3 Å². The Bertz CT molecular complexity index is 1000. The Kier molecular flexibility index (Phi) is 5.46. The molecule has 8 heteroatoms. The summed E-state index contributed by atoms with van der Waals surface area (Å²) in [5, 5.41) is 6.90. The Balaban J connectivity index is 1.91. The lowest BCUT2D eigenvalue weighted by Gasteiger charge is -2.14. The fourth-order valence-electron chi connectivity index (χ4n) is 2.45. The molecule has 0 aliphatic heterocycles. The molecule has 1 unspecified atom stereocenters. The number of hydrogen-bond acceptors (Lipinski definition) is 6. The highest BCUT2D eigenvalue weighted by atomic mass is 32.1. The molecule has 0 fully saturated rings. The second kappa shape index (κ2) is 7.96. The molecule has 3 rings (SSSR count). The number of carbonyl (C=O) groups is 3. The second-order valence-electron chi connectivity index (χ2n) is 5.67. The summed E-state index contributed by atoms with van der Waals surface area (Å²) in [6, 6.07) is 12.0. The molecular formula is C19H17N3O4S. The molecule has 3 aromatic rings. The van der Waals surface area contributed by atoms with Gasteiger partial charge in [0.25, 0.3) is 5.91 Å². The van der Waals surface area contributed by atoms with Gasteiger partial charge in [-0.1, -0.05) is 24.3 Å². The lowest BCUT2D eigenvalue weighted by atomic mass is 10.1. The van der Waals surface area contributed by atoms with Gasteiger partial charge in [0.2, 0.25) is 0 Å². The van der Waals surface area contributed by atoms with Crippen LogP contribution in [-0.2, 0) is 9.53 Å². The van der Waals surface area contributed by atoms with Crippen molar-refractivity contribution in [3.05, 3.63) is 53.4 Å². The Morgan fingerprint density at radius 2 is 1.93 bits per heavy atom. The fourth-order valence-corrected chi connectivity index (χ4v) is 3.13. The van der Waals surface area contributed by atoms with Gasteiger partial charge < -0.3 is 10.1 Å². The number of amides is 3. The zero-order valence-corrected chi connectivity index (χ0v) is 15.5. The topological polar surface area (TPSA) is 97.4 Å². The smallest absolute Gasteiger partial charge is 0.339 e. The van der Waals surface area contributed by atoms with Crippen LogP contribution < -0.4 is 10.6 Å². The van der Waals surface area contributed by atoms with E-state index in [1.807, 2.05) is 29.6 Å². The first-order valence-electron chi connectivity index (χ1n) is 8.17. The fraction of sp³-hybridized carbons (Fsp3) is 0.158. The molecule has 27 heavy (non-hydrogen) atoms. The number of para-hydroxylation sites is 1. The lowest BCUT2D eigenvalue weighted by Crippen LogP contribution is -2.43. The van der Waals surface area contributed by atoms with Crippen molar-refractivity contribution in [2.45, 2.75) is 13.0 Å². The number of fused-ring (bicyclic) bond motifs is 1. The van der Waals surface area contributed by atoms with Crippen molar-refractivity contribution in [3.63, 3.8) is 0 Å². The number of imide groups is 1. The van der Waals surface area contributed by atoms with Gasteiger partial charge in [-0.2, -0.15) is 0 Å². The minimum absolute atomic E-state index is 0.309. The summed E-state index contributed by atoms with van der Waals surface area (Å²) in [5.41, 5.74) is 1.61. The van der Waals surface area contributed by atoms with E-state index >= 15 is 0 Å². The number of carbonyl (C=O) groups excluding carboxylic acids is 3. The zero-order chi connectivity index (χ0) is 19.4. The maximum atomic E-state index is 12.7. The molecule has 1 atom stereocenters. The summed E-state index contributed by atoms with van der Waals surface area (Å²) in [5.74, 6) is -1.37. The molecule has 2 heterocycles. The number of nitrogens with zero attached hydrogens (tertiary/aromatic N) is 1. The monoisotopic (exact) mass is 383 g/mol. The summed E-state index contributed by atoms with van der Waals surface area (Å²) in [6.45, 7) is 1.40. The van der Waals surface area contributed by atoms with Gasteiger partial charge in [-0.15, -0.1) is 11.3 Å². The lowest BCUT2D eigenvalue weighted by molar-refractivity contribution is -0.127. The average molecular weight is 383 g/mol. The molecule has 3 amide bonds. The molecule has 0 saturated heterocycles. The summed E-state index contributed by atoms with van der Waals surface area (Å²) in [7, 11) is 1.38. The van der Waals surface area contributed by atoms with Crippen LogP contribution in [0.25, 0.3) is 21.5 Å². The Morgan fingerprint density at radius 3 is 2.63 bits per heavy atom. The van der Waals surface area contributed by atoms with Gasteiger partial charge in [0.15, 0.2) is 6.10 Å². The summed E-state index contributed by atoms with van der Waals surface area (Å²) >= 11 is 1.51. The van der Waals surface area contributed by atoms with E-state index in [-0.39, 0.29) is 0 Å². The van der Waals surface area contributed by atoms with Crippen molar-refractivity contribution >= 4 is 40.1 Å². The van der Waals surface area contributed by atoms with Gasteiger partial charge >= 0.3 is 12.0 Å². The number of esters is 1. The summed E-state index contributed by atoms with van der Waals surface area (Å²) in [6.07, 6.45) is -1.13. The molecule has 0 spiro atoms. The van der Waals surface area contributed by atoms with Crippen LogP contribution in [0, 0.1) is 0 Å². The third-order valence-corrected chi connectivity index (χ3v) is 4.72. The number of rotatable bonds is 4. The number of aromatic nitrogens is 1. The number of ether oxygens (including phenoxy) is 1. The molecule has 0 aliphatic rings. The minimum atomic E-state index is -1.13. The van der Waals surface area contributed by atoms with Gasteiger partial charge in [-0.05, 0) is 30.5 Å². The first-order chi connectivity index (χ1) is 13.0. The Labute approximate surface area is 159 Å². The SMILES string of the molecule is CNC(=O)NC(=O)C(C)OC(=O)c1cc(-c2cccs2)nc2ccccc12. The normalized spacial score (nSPS) is 11.6.